The summed E-state index contributed by atoms with van der Waals surface area (Å²) in [6, 6.07) is 7.06. The quantitative estimate of drug-likeness (QED) is 0.494. The van der Waals surface area contributed by atoms with Gasteiger partial charge in [0.1, 0.15) is 0 Å². The van der Waals surface area contributed by atoms with Crippen molar-refractivity contribution in [2.75, 3.05) is 32.6 Å². The Kier molecular flexibility index (Phi) is 4.75. The maximum atomic E-state index is 11.7. The zero-order valence-corrected chi connectivity index (χ0v) is 9.66. The first kappa shape index (κ1) is 12.5. The molecule has 0 fully saturated rings. The number of hydrogen-bond acceptors (Lipinski definition) is 4. The molecule has 0 unspecified atom stereocenters. The molecule has 0 heterocycles. The predicted octanol–water partition coefficient (Wildman–Crippen LogP) is 0.264. The summed E-state index contributed by atoms with van der Waals surface area (Å²) in [6.07, 6.45) is 0. The average molecular weight is 222 g/mol. The Hall–Kier alpha value is -1.59. The standard InChI is InChI=1S/C11H18N4O/c1-15(2)7-6-13-11(16)9-4-3-5-10(8-9)14-12/h3-5,8,14H,6-7,12H2,1-2H3,(H,13,16). The van der Waals surface area contributed by atoms with Crippen LogP contribution in [0.1, 0.15) is 10.4 Å². The number of anilines is 1. The molecule has 1 amide bonds. The number of carbonyl (C=O) groups excluding carboxylic acids is 1. The van der Waals surface area contributed by atoms with Gasteiger partial charge < -0.3 is 15.6 Å². The number of nitrogens with zero attached hydrogens (tertiary/aromatic N) is 1. The topological polar surface area (TPSA) is 70.4 Å². The van der Waals surface area contributed by atoms with Gasteiger partial charge in [0, 0.05) is 24.3 Å². The number of nitrogens with one attached hydrogen (secondary N) is 2. The lowest BCUT2D eigenvalue weighted by atomic mass is 10.2. The molecular weight excluding hydrogens is 204 g/mol. The summed E-state index contributed by atoms with van der Waals surface area (Å²) in [6.45, 7) is 1.45. The van der Waals surface area contributed by atoms with E-state index in [1.54, 1.807) is 24.3 Å². The highest BCUT2D eigenvalue weighted by atomic mass is 16.1. The molecule has 0 aliphatic rings. The number of benzene rings is 1. The fourth-order valence-corrected chi connectivity index (χ4v) is 1.25. The zero-order valence-electron chi connectivity index (χ0n) is 9.66. The Morgan fingerprint density at radius 1 is 1.44 bits per heavy atom. The molecule has 5 nitrogen and oxygen atoms in total. The summed E-state index contributed by atoms with van der Waals surface area (Å²) in [5.74, 6) is 5.19. The smallest absolute Gasteiger partial charge is 0.251 e. The largest absolute Gasteiger partial charge is 0.351 e. The third kappa shape index (κ3) is 3.88. The van der Waals surface area contributed by atoms with Crippen molar-refractivity contribution in [3.05, 3.63) is 29.8 Å². The summed E-state index contributed by atoms with van der Waals surface area (Å²) in [7, 11) is 3.93. The van der Waals surface area contributed by atoms with Crippen LogP contribution in [-0.4, -0.2) is 38.0 Å². The van der Waals surface area contributed by atoms with Crippen LogP contribution in [0.4, 0.5) is 5.69 Å². The monoisotopic (exact) mass is 222 g/mol. The molecule has 0 aromatic heterocycles. The van der Waals surface area contributed by atoms with Gasteiger partial charge in [-0.15, -0.1) is 0 Å². The molecule has 0 aliphatic heterocycles. The van der Waals surface area contributed by atoms with Crippen molar-refractivity contribution in [2.24, 2.45) is 5.84 Å². The fraction of sp³-hybridized carbons (Fsp3) is 0.364. The van der Waals surface area contributed by atoms with Gasteiger partial charge in [-0.2, -0.15) is 0 Å². The molecule has 0 atom stereocenters. The second kappa shape index (κ2) is 6.09. The molecule has 4 N–H and O–H groups in total. The lowest BCUT2D eigenvalue weighted by molar-refractivity contribution is 0.0951. The van der Waals surface area contributed by atoms with Crippen molar-refractivity contribution in [2.45, 2.75) is 0 Å². The highest BCUT2D eigenvalue weighted by molar-refractivity contribution is 5.95. The minimum Gasteiger partial charge on any atom is -0.351 e. The van der Waals surface area contributed by atoms with Gasteiger partial charge in [0.15, 0.2) is 0 Å². The van der Waals surface area contributed by atoms with Crippen LogP contribution in [0.5, 0.6) is 0 Å². The van der Waals surface area contributed by atoms with Crippen LogP contribution in [-0.2, 0) is 0 Å². The first-order valence-corrected chi connectivity index (χ1v) is 5.13. The first-order valence-electron chi connectivity index (χ1n) is 5.13. The van der Waals surface area contributed by atoms with E-state index in [9.17, 15) is 4.79 Å². The molecule has 16 heavy (non-hydrogen) atoms. The van der Waals surface area contributed by atoms with Crippen molar-refractivity contribution < 1.29 is 4.79 Å². The van der Waals surface area contributed by atoms with Crippen LogP contribution in [0, 0.1) is 0 Å². The van der Waals surface area contributed by atoms with Gasteiger partial charge in [-0.3, -0.25) is 10.6 Å². The summed E-state index contributed by atoms with van der Waals surface area (Å²) < 4.78 is 0. The Bertz CT molecular complexity index is 352. The third-order valence-electron chi connectivity index (χ3n) is 2.14. The highest BCUT2D eigenvalue weighted by Gasteiger charge is 2.04. The third-order valence-corrected chi connectivity index (χ3v) is 2.14. The van der Waals surface area contributed by atoms with Crippen molar-refractivity contribution in [1.29, 1.82) is 0 Å². The molecule has 1 aromatic carbocycles. The van der Waals surface area contributed by atoms with E-state index >= 15 is 0 Å². The van der Waals surface area contributed by atoms with Crippen LogP contribution >= 0.6 is 0 Å². The second-order valence-corrected chi connectivity index (χ2v) is 3.78. The van der Waals surface area contributed by atoms with E-state index in [2.05, 4.69) is 10.7 Å². The van der Waals surface area contributed by atoms with Crippen molar-refractivity contribution in [3.8, 4) is 0 Å². The summed E-state index contributed by atoms with van der Waals surface area (Å²) in [4.78, 5) is 13.7. The first-order chi connectivity index (χ1) is 7.63. The normalized spacial score (nSPS) is 10.2. The molecule has 0 saturated carbocycles. The number of likely N-dealkylation sites (N-methyl/N-ethyl adjacent to an activating group) is 1. The molecule has 0 radical (unpaired) electrons. The van der Waals surface area contributed by atoms with Crippen molar-refractivity contribution in [1.82, 2.24) is 10.2 Å². The molecule has 5 heteroatoms. The van der Waals surface area contributed by atoms with E-state index in [-0.39, 0.29) is 5.91 Å². The van der Waals surface area contributed by atoms with Crippen LogP contribution in [0.15, 0.2) is 24.3 Å². The van der Waals surface area contributed by atoms with Gasteiger partial charge in [0.2, 0.25) is 0 Å². The van der Waals surface area contributed by atoms with Crippen molar-refractivity contribution in [3.63, 3.8) is 0 Å². The van der Waals surface area contributed by atoms with Gasteiger partial charge in [-0.25, -0.2) is 0 Å². The van der Waals surface area contributed by atoms with E-state index in [0.29, 0.717) is 12.1 Å². The lowest BCUT2D eigenvalue weighted by Crippen LogP contribution is -2.31. The van der Waals surface area contributed by atoms with E-state index in [1.165, 1.54) is 0 Å². The maximum absolute atomic E-state index is 11.7. The molecule has 88 valence electrons. The van der Waals surface area contributed by atoms with E-state index < -0.39 is 0 Å². The lowest BCUT2D eigenvalue weighted by Gasteiger charge is -2.10. The number of amides is 1. The fourth-order valence-electron chi connectivity index (χ4n) is 1.25. The van der Waals surface area contributed by atoms with Crippen LogP contribution in [0.3, 0.4) is 0 Å². The van der Waals surface area contributed by atoms with E-state index in [4.69, 9.17) is 5.84 Å². The number of rotatable bonds is 5. The number of nitrogens with two attached hydrogens (primary N) is 1. The minimum atomic E-state index is -0.0843. The maximum Gasteiger partial charge on any atom is 0.251 e. The Morgan fingerprint density at radius 2 is 2.19 bits per heavy atom. The van der Waals surface area contributed by atoms with Crippen LogP contribution in [0.25, 0.3) is 0 Å². The molecule has 1 rings (SSSR count). The van der Waals surface area contributed by atoms with Gasteiger partial charge in [-0.1, -0.05) is 6.07 Å². The number of hydrazine groups is 1. The number of nitrogen functional groups attached to an aromatic ring is 1. The van der Waals surface area contributed by atoms with Crippen molar-refractivity contribution >= 4 is 11.6 Å². The summed E-state index contributed by atoms with van der Waals surface area (Å²) in [5.41, 5.74) is 3.84. The molecule has 0 bridgehead atoms. The van der Waals surface area contributed by atoms with Gasteiger partial charge in [0.25, 0.3) is 5.91 Å². The highest BCUT2D eigenvalue weighted by Crippen LogP contribution is 2.08. The second-order valence-electron chi connectivity index (χ2n) is 3.78. The van der Waals surface area contributed by atoms with Crippen LogP contribution in [0.2, 0.25) is 0 Å². The summed E-state index contributed by atoms with van der Waals surface area (Å²) >= 11 is 0. The Balaban J connectivity index is 2.52. The number of hydrogen-bond donors (Lipinski definition) is 3. The summed E-state index contributed by atoms with van der Waals surface area (Å²) in [5, 5.41) is 2.83. The molecule has 0 aliphatic carbocycles. The number of carbonyl (C=O) groups is 1. The van der Waals surface area contributed by atoms with Crippen LogP contribution < -0.4 is 16.6 Å². The average Bonchev–Trinajstić information content (AvgIpc) is 2.28. The Labute approximate surface area is 95.6 Å². The molecule has 1 aromatic rings. The molecule has 0 spiro atoms. The molecular formula is C11H18N4O. The Morgan fingerprint density at radius 3 is 2.81 bits per heavy atom. The zero-order chi connectivity index (χ0) is 12.0. The van der Waals surface area contributed by atoms with Gasteiger partial charge >= 0.3 is 0 Å². The van der Waals surface area contributed by atoms with E-state index in [1.807, 2.05) is 19.0 Å². The predicted molar refractivity (Wildman–Crippen MR) is 65.1 cm³/mol. The van der Waals surface area contributed by atoms with E-state index in [0.717, 1.165) is 12.2 Å². The SMILES string of the molecule is CN(C)CCNC(=O)c1cccc(NN)c1. The van der Waals surface area contributed by atoms with Gasteiger partial charge in [0.05, 0.1) is 0 Å². The molecule has 0 saturated heterocycles. The minimum absolute atomic E-state index is 0.0843. The van der Waals surface area contributed by atoms with Gasteiger partial charge in [-0.05, 0) is 32.3 Å².